The highest BCUT2D eigenvalue weighted by molar-refractivity contribution is 9.10. The second kappa shape index (κ2) is 8.05. The molecule has 0 aromatic carbocycles. The highest BCUT2D eigenvalue weighted by atomic mass is 79.9. The van der Waals surface area contributed by atoms with Crippen molar-refractivity contribution < 1.29 is 5.11 Å². The molecular formula is C15H27BrN2O. The maximum absolute atomic E-state index is 10.5. The monoisotopic (exact) mass is 330 g/mol. The predicted octanol–water partition coefficient (Wildman–Crippen LogP) is 4.09. The van der Waals surface area contributed by atoms with E-state index >= 15 is 0 Å². The largest absolute Gasteiger partial charge is 0.392 e. The Hall–Kier alpha value is -0.350. The van der Waals surface area contributed by atoms with Crippen molar-refractivity contribution in [2.75, 3.05) is 0 Å². The van der Waals surface area contributed by atoms with Gasteiger partial charge in [0.25, 0.3) is 0 Å². The number of rotatable bonds is 8. The van der Waals surface area contributed by atoms with Crippen molar-refractivity contribution in [2.45, 2.75) is 72.4 Å². The number of aliphatic hydroxyl groups excluding tert-OH is 1. The summed E-state index contributed by atoms with van der Waals surface area (Å²) >= 11 is 3.60. The summed E-state index contributed by atoms with van der Waals surface area (Å²) in [6.45, 7) is 9.31. The van der Waals surface area contributed by atoms with Crippen LogP contribution in [-0.4, -0.2) is 21.0 Å². The lowest BCUT2D eigenvalue weighted by molar-refractivity contribution is 0.0942. The van der Waals surface area contributed by atoms with Gasteiger partial charge in [0.2, 0.25) is 0 Å². The molecule has 0 aliphatic heterocycles. The van der Waals surface area contributed by atoms with Crippen LogP contribution in [0.3, 0.4) is 0 Å². The van der Waals surface area contributed by atoms with Crippen molar-refractivity contribution in [1.29, 1.82) is 0 Å². The number of aliphatic hydroxyl groups is 1. The topological polar surface area (TPSA) is 38.1 Å². The van der Waals surface area contributed by atoms with Gasteiger partial charge in [-0.05, 0) is 48.5 Å². The molecule has 0 aliphatic rings. The van der Waals surface area contributed by atoms with Crippen LogP contribution in [0.15, 0.2) is 4.47 Å². The van der Waals surface area contributed by atoms with E-state index < -0.39 is 0 Å². The molecule has 1 aromatic rings. The lowest BCUT2D eigenvalue weighted by Gasteiger charge is -2.22. The van der Waals surface area contributed by atoms with Gasteiger partial charge in [-0.3, -0.25) is 4.68 Å². The van der Waals surface area contributed by atoms with Crippen molar-refractivity contribution in [2.24, 2.45) is 5.92 Å². The third-order valence-corrected chi connectivity index (χ3v) is 4.75. The van der Waals surface area contributed by atoms with E-state index in [-0.39, 0.29) is 6.10 Å². The molecule has 1 unspecified atom stereocenters. The fourth-order valence-corrected chi connectivity index (χ4v) is 3.15. The number of aromatic nitrogens is 2. The lowest BCUT2D eigenvalue weighted by atomic mass is 9.90. The molecule has 1 heterocycles. The molecule has 0 saturated carbocycles. The molecule has 110 valence electrons. The number of halogens is 1. The zero-order valence-corrected chi connectivity index (χ0v) is 14.2. The summed E-state index contributed by atoms with van der Waals surface area (Å²) < 4.78 is 3.05. The predicted molar refractivity (Wildman–Crippen MR) is 83.4 cm³/mol. The lowest BCUT2D eigenvalue weighted by Crippen LogP contribution is -2.24. The van der Waals surface area contributed by atoms with E-state index in [1.807, 2.05) is 11.6 Å². The van der Waals surface area contributed by atoms with Crippen molar-refractivity contribution in [1.82, 2.24) is 9.78 Å². The van der Waals surface area contributed by atoms with Gasteiger partial charge in [0.1, 0.15) is 0 Å². The Labute approximate surface area is 125 Å². The first-order valence-electron chi connectivity index (χ1n) is 7.44. The number of hydrogen-bond donors (Lipinski definition) is 1. The molecule has 1 rings (SSSR count). The Morgan fingerprint density at radius 1 is 1.21 bits per heavy atom. The van der Waals surface area contributed by atoms with Crippen LogP contribution < -0.4 is 0 Å². The fraction of sp³-hybridized carbons (Fsp3) is 0.800. The van der Waals surface area contributed by atoms with Crippen LogP contribution in [-0.2, 0) is 13.0 Å². The van der Waals surface area contributed by atoms with Gasteiger partial charge in [0.15, 0.2) is 0 Å². The second-order valence-electron chi connectivity index (χ2n) is 5.27. The minimum atomic E-state index is -0.266. The molecule has 0 fully saturated rings. The van der Waals surface area contributed by atoms with Crippen LogP contribution in [0.5, 0.6) is 0 Å². The molecule has 0 amide bonds. The number of hydrogen-bond acceptors (Lipinski definition) is 2. The van der Waals surface area contributed by atoms with Crippen molar-refractivity contribution in [3.8, 4) is 0 Å². The van der Waals surface area contributed by atoms with Gasteiger partial charge >= 0.3 is 0 Å². The minimum absolute atomic E-state index is 0.266. The van der Waals surface area contributed by atoms with Crippen molar-refractivity contribution in [3.05, 3.63) is 15.9 Å². The van der Waals surface area contributed by atoms with Gasteiger partial charge in [-0.1, -0.05) is 26.7 Å². The summed E-state index contributed by atoms with van der Waals surface area (Å²) in [6, 6.07) is 0. The smallest absolute Gasteiger partial charge is 0.0738 e. The van der Waals surface area contributed by atoms with E-state index in [1.54, 1.807) is 0 Å². The molecule has 19 heavy (non-hydrogen) atoms. The summed E-state index contributed by atoms with van der Waals surface area (Å²) in [5.41, 5.74) is 2.14. The second-order valence-corrected chi connectivity index (χ2v) is 6.06. The molecule has 0 radical (unpaired) electrons. The van der Waals surface area contributed by atoms with Crippen LogP contribution >= 0.6 is 15.9 Å². The molecule has 1 atom stereocenters. The molecule has 0 bridgehead atoms. The van der Waals surface area contributed by atoms with Crippen LogP contribution in [0.2, 0.25) is 0 Å². The van der Waals surface area contributed by atoms with Crippen molar-refractivity contribution in [3.63, 3.8) is 0 Å². The molecule has 0 aliphatic carbocycles. The van der Waals surface area contributed by atoms with Gasteiger partial charge in [-0.15, -0.1) is 0 Å². The maximum Gasteiger partial charge on any atom is 0.0738 e. The Morgan fingerprint density at radius 2 is 1.79 bits per heavy atom. The molecule has 0 spiro atoms. The number of aryl methyl sites for hydroxylation is 2. The van der Waals surface area contributed by atoms with E-state index in [1.165, 1.54) is 0 Å². The first-order valence-corrected chi connectivity index (χ1v) is 8.24. The van der Waals surface area contributed by atoms with E-state index in [4.69, 9.17) is 0 Å². The Kier molecular flexibility index (Phi) is 7.08. The average Bonchev–Trinajstić information content (AvgIpc) is 2.66. The molecule has 1 aromatic heterocycles. The molecule has 4 heteroatoms. The minimum Gasteiger partial charge on any atom is -0.392 e. The zero-order valence-electron chi connectivity index (χ0n) is 12.6. The van der Waals surface area contributed by atoms with E-state index in [2.05, 4.69) is 41.8 Å². The Balaban J connectivity index is 2.82. The van der Waals surface area contributed by atoms with Gasteiger partial charge in [-0.2, -0.15) is 5.10 Å². The van der Waals surface area contributed by atoms with Gasteiger partial charge in [-0.25, -0.2) is 0 Å². The van der Waals surface area contributed by atoms with Crippen molar-refractivity contribution >= 4 is 15.9 Å². The van der Waals surface area contributed by atoms with Crippen LogP contribution in [0.25, 0.3) is 0 Å². The quantitative estimate of drug-likeness (QED) is 0.779. The Bertz CT molecular complexity index is 384. The SMILES string of the molecule is CCCC(CCC)C(O)Cc1c(Br)c(C)nn1CC. The van der Waals surface area contributed by atoms with Gasteiger partial charge < -0.3 is 5.11 Å². The van der Waals surface area contributed by atoms with Gasteiger partial charge in [0.05, 0.1) is 22.0 Å². The molecule has 1 N–H and O–H groups in total. The van der Waals surface area contributed by atoms with E-state index in [0.717, 1.165) is 48.1 Å². The number of nitrogens with zero attached hydrogens (tertiary/aromatic N) is 2. The third kappa shape index (κ3) is 4.32. The summed E-state index contributed by atoms with van der Waals surface area (Å²) in [7, 11) is 0. The summed E-state index contributed by atoms with van der Waals surface area (Å²) in [5, 5.41) is 15.0. The normalized spacial score (nSPS) is 13.2. The zero-order chi connectivity index (χ0) is 14.4. The fourth-order valence-electron chi connectivity index (χ4n) is 2.70. The summed E-state index contributed by atoms with van der Waals surface area (Å²) in [5.74, 6) is 0.405. The summed E-state index contributed by atoms with van der Waals surface area (Å²) in [6.07, 6.45) is 4.90. The van der Waals surface area contributed by atoms with Crippen LogP contribution in [0.1, 0.15) is 57.8 Å². The van der Waals surface area contributed by atoms with Crippen LogP contribution in [0, 0.1) is 12.8 Å². The Morgan fingerprint density at radius 3 is 2.26 bits per heavy atom. The first kappa shape index (κ1) is 16.7. The molecule has 3 nitrogen and oxygen atoms in total. The first-order chi connectivity index (χ1) is 9.04. The van der Waals surface area contributed by atoms with E-state index in [9.17, 15) is 5.11 Å². The third-order valence-electron chi connectivity index (χ3n) is 3.72. The average molecular weight is 331 g/mol. The van der Waals surface area contributed by atoms with Gasteiger partial charge in [0, 0.05) is 13.0 Å². The molecule has 0 saturated heterocycles. The highest BCUT2D eigenvalue weighted by Gasteiger charge is 2.22. The molecular weight excluding hydrogens is 304 g/mol. The van der Waals surface area contributed by atoms with E-state index in [0.29, 0.717) is 12.3 Å². The van der Waals surface area contributed by atoms with Crippen LogP contribution in [0.4, 0.5) is 0 Å². The highest BCUT2D eigenvalue weighted by Crippen LogP contribution is 2.26. The summed E-state index contributed by atoms with van der Waals surface area (Å²) in [4.78, 5) is 0. The maximum atomic E-state index is 10.5. The standard InChI is InChI=1S/C15H27BrN2O/c1-5-8-12(9-6-2)14(19)10-13-15(16)11(4)17-18(13)7-3/h12,14,19H,5-10H2,1-4H3.